The number of amides is 1. The number of nitrogen functional groups attached to an aromatic ring is 1. The normalized spacial score (nSPS) is 10.5. The first-order chi connectivity index (χ1) is 7.99. The van der Waals surface area contributed by atoms with Crippen molar-refractivity contribution >= 4 is 27.5 Å². The summed E-state index contributed by atoms with van der Waals surface area (Å²) in [4.78, 5) is 11.0. The number of nitrogens with two attached hydrogens (primary N) is 2. The molecule has 2 aromatic rings. The summed E-state index contributed by atoms with van der Waals surface area (Å²) in [7, 11) is 0. The van der Waals surface area contributed by atoms with E-state index in [1.54, 1.807) is 6.07 Å². The van der Waals surface area contributed by atoms with E-state index in [4.69, 9.17) is 11.5 Å². The molecule has 0 saturated carbocycles. The molecule has 0 unspecified atom stereocenters. The monoisotopic (exact) mass is 298 g/mol. The Bertz CT molecular complexity index is 596. The van der Waals surface area contributed by atoms with Gasteiger partial charge in [0.15, 0.2) is 5.69 Å². The Balaban J connectivity index is 2.50. The molecule has 2 rings (SSSR count). The Morgan fingerprint density at radius 3 is 2.71 bits per heavy atom. The van der Waals surface area contributed by atoms with E-state index in [-0.39, 0.29) is 11.4 Å². The molecule has 0 bridgehead atoms. The van der Waals surface area contributed by atoms with Crippen molar-refractivity contribution in [2.24, 2.45) is 5.73 Å². The highest BCUT2D eigenvalue weighted by Gasteiger charge is 2.12. The summed E-state index contributed by atoms with van der Waals surface area (Å²) in [6, 6.07) is 4.43. The molecule has 4 N–H and O–H groups in total. The predicted molar refractivity (Wildman–Crippen MR) is 64.2 cm³/mol. The van der Waals surface area contributed by atoms with Gasteiger partial charge in [-0.2, -0.15) is 5.10 Å². The average molecular weight is 299 g/mol. The lowest BCUT2D eigenvalue weighted by Crippen LogP contribution is -2.14. The topological polar surface area (TPSA) is 86.9 Å². The molecule has 0 radical (unpaired) electrons. The number of carbonyl (C=O) groups excluding carboxylic acids is 1. The molecule has 0 atom stereocenters. The molecule has 1 amide bonds. The van der Waals surface area contributed by atoms with Crippen molar-refractivity contribution in [2.75, 3.05) is 5.73 Å². The molecule has 1 aromatic heterocycles. The number of aromatic nitrogens is 2. The Morgan fingerprint density at radius 1 is 1.47 bits per heavy atom. The number of rotatable bonds is 2. The molecule has 0 fully saturated rings. The maximum Gasteiger partial charge on any atom is 0.271 e. The van der Waals surface area contributed by atoms with E-state index in [1.165, 1.54) is 23.0 Å². The third kappa shape index (κ3) is 2.14. The summed E-state index contributed by atoms with van der Waals surface area (Å²) >= 11 is 3.04. The predicted octanol–water partition coefficient (Wildman–Crippen LogP) is 1.45. The largest absolute Gasteiger partial charge is 0.396 e. The van der Waals surface area contributed by atoms with E-state index in [0.29, 0.717) is 10.2 Å². The van der Waals surface area contributed by atoms with Gasteiger partial charge in [-0.05, 0) is 28.1 Å². The second kappa shape index (κ2) is 4.17. The molecular weight excluding hydrogens is 291 g/mol. The van der Waals surface area contributed by atoms with Crippen LogP contribution in [0.5, 0.6) is 0 Å². The summed E-state index contributed by atoms with van der Waals surface area (Å²) in [5.74, 6) is -1.16. The van der Waals surface area contributed by atoms with Crippen LogP contribution in [-0.2, 0) is 0 Å². The van der Waals surface area contributed by atoms with E-state index >= 15 is 0 Å². The fourth-order valence-electron chi connectivity index (χ4n) is 1.34. The Hall–Kier alpha value is -1.89. The Morgan fingerprint density at radius 2 is 2.18 bits per heavy atom. The van der Waals surface area contributed by atoms with E-state index in [2.05, 4.69) is 21.0 Å². The van der Waals surface area contributed by atoms with Gasteiger partial charge in [-0.15, -0.1) is 0 Å². The lowest BCUT2D eigenvalue weighted by molar-refractivity contribution is 0.0996. The highest BCUT2D eigenvalue weighted by atomic mass is 79.9. The van der Waals surface area contributed by atoms with Crippen LogP contribution in [0.1, 0.15) is 10.5 Å². The number of primary amides is 1. The van der Waals surface area contributed by atoms with Crippen LogP contribution in [0, 0.1) is 5.82 Å². The second-order valence-corrected chi connectivity index (χ2v) is 4.19. The molecule has 1 heterocycles. The van der Waals surface area contributed by atoms with Crippen LogP contribution in [0.25, 0.3) is 5.69 Å². The minimum Gasteiger partial charge on any atom is -0.396 e. The fourth-order valence-corrected chi connectivity index (χ4v) is 1.59. The third-order valence-electron chi connectivity index (χ3n) is 2.14. The molecule has 0 aliphatic heterocycles. The van der Waals surface area contributed by atoms with Gasteiger partial charge in [-0.25, -0.2) is 9.07 Å². The number of benzene rings is 1. The van der Waals surface area contributed by atoms with Crippen molar-refractivity contribution in [1.29, 1.82) is 0 Å². The highest BCUT2D eigenvalue weighted by molar-refractivity contribution is 9.10. The first kappa shape index (κ1) is 11.6. The summed E-state index contributed by atoms with van der Waals surface area (Å²) in [6.45, 7) is 0. The SMILES string of the molecule is NC(=O)c1nn(-c2ccc(Br)c(F)c2)cc1N. The van der Waals surface area contributed by atoms with Gasteiger partial charge in [0.05, 0.1) is 22.0 Å². The van der Waals surface area contributed by atoms with Gasteiger partial charge in [0.2, 0.25) is 0 Å². The van der Waals surface area contributed by atoms with Crippen molar-refractivity contribution < 1.29 is 9.18 Å². The van der Waals surface area contributed by atoms with Crippen LogP contribution in [-0.4, -0.2) is 15.7 Å². The lowest BCUT2D eigenvalue weighted by Gasteiger charge is -2.01. The summed E-state index contributed by atoms with van der Waals surface area (Å²) < 4.78 is 15.0. The van der Waals surface area contributed by atoms with Crippen LogP contribution < -0.4 is 11.5 Å². The van der Waals surface area contributed by atoms with Crippen LogP contribution in [0.2, 0.25) is 0 Å². The van der Waals surface area contributed by atoms with Crippen molar-refractivity contribution in [3.8, 4) is 5.69 Å². The van der Waals surface area contributed by atoms with Gasteiger partial charge < -0.3 is 11.5 Å². The van der Waals surface area contributed by atoms with Gasteiger partial charge in [0.1, 0.15) is 5.82 Å². The van der Waals surface area contributed by atoms with Crippen molar-refractivity contribution in [2.45, 2.75) is 0 Å². The van der Waals surface area contributed by atoms with Gasteiger partial charge >= 0.3 is 0 Å². The smallest absolute Gasteiger partial charge is 0.271 e. The van der Waals surface area contributed by atoms with Crippen molar-refractivity contribution in [3.05, 3.63) is 40.4 Å². The first-order valence-corrected chi connectivity index (χ1v) is 5.38. The van der Waals surface area contributed by atoms with E-state index in [1.807, 2.05) is 0 Å². The number of anilines is 1. The van der Waals surface area contributed by atoms with Crippen LogP contribution in [0.3, 0.4) is 0 Å². The van der Waals surface area contributed by atoms with Gasteiger partial charge in [-0.1, -0.05) is 0 Å². The molecule has 1 aromatic carbocycles. The number of nitrogens with zero attached hydrogens (tertiary/aromatic N) is 2. The van der Waals surface area contributed by atoms with Crippen molar-refractivity contribution in [1.82, 2.24) is 9.78 Å². The zero-order valence-electron chi connectivity index (χ0n) is 8.52. The molecule has 0 aliphatic carbocycles. The molecule has 88 valence electrons. The van der Waals surface area contributed by atoms with Gasteiger partial charge in [-0.3, -0.25) is 4.79 Å². The second-order valence-electron chi connectivity index (χ2n) is 3.34. The molecule has 0 aliphatic rings. The van der Waals surface area contributed by atoms with Crippen LogP contribution in [0.15, 0.2) is 28.9 Å². The van der Waals surface area contributed by atoms with E-state index < -0.39 is 11.7 Å². The quantitative estimate of drug-likeness (QED) is 0.880. The zero-order chi connectivity index (χ0) is 12.6. The van der Waals surface area contributed by atoms with Gasteiger partial charge in [0.25, 0.3) is 5.91 Å². The lowest BCUT2D eigenvalue weighted by atomic mass is 10.3. The molecule has 17 heavy (non-hydrogen) atoms. The van der Waals surface area contributed by atoms with Crippen LogP contribution in [0.4, 0.5) is 10.1 Å². The highest BCUT2D eigenvalue weighted by Crippen LogP contribution is 2.20. The number of carbonyl (C=O) groups is 1. The maximum absolute atomic E-state index is 13.3. The Labute approximate surface area is 104 Å². The van der Waals surface area contributed by atoms with Crippen molar-refractivity contribution in [3.63, 3.8) is 0 Å². The third-order valence-corrected chi connectivity index (χ3v) is 2.79. The van der Waals surface area contributed by atoms with Crippen LogP contribution >= 0.6 is 15.9 Å². The zero-order valence-corrected chi connectivity index (χ0v) is 10.1. The minimum atomic E-state index is -0.723. The molecule has 0 spiro atoms. The fraction of sp³-hybridized carbons (Fsp3) is 0. The standard InChI is InChI=1S/C10H8BrFN4O/c11-6-2-1-5(3-7(6)12)16-4-8(13)9(15-16)10(14)17/h1-4H,13H2,(H2,14,17). The van der Waals surface area contributed by atoms with Gasteiger partial charge in [0, 0.05) is 6.07 Å². The summed E-state index contributed by atoms with van der Waals surface area (Å²) in [5, 5.41) is 3.89. The summed E-state index contributed by atoms with van der Waals surface area (Å²) in [5.41, 5.74) is 11.2. The number of hydrogen-bond donors (Lipinski definition) is 2. The molecule has 5 nitrogen and oxygen atoms in total. The first-order valence-electron chi connectivity index (χ1n) is 4.59. The average Bonchev–Trinajstić information content (AvgIpc) is 2.64. The summed E-state index contributed by atoms with van der Waals surface area (Å²) in [6.07, 6.45) is 1.41. The number of halogens is 2. The minimum absolute atomic E-state index is 0.0340. The maximum atomic E-state index is 13.3. The molecular formula is C10H8BrFN4O. The number of hydrogen-bond acceptors (Lipinski definition) is 3. The Kier molecular flexibility index (Phi) is 2.84. The van der Waals surface area contributed by atoms with E-state index in [9.17, 15) is 9.18 Å². The molecule has 0 saturated heterocycles. The molecule has 7 heteroatoms. The van der Waals surface area contributed by atoms with E-state index in [0.717, 1.165) is 0 Å².